The molecule has 1 aromatic rings. The molecule has 0 saturated carbocycles. The van der Waals surface area contributed by atoms with E-state index in [2.05, 4.69) is 5.32 Å². The van der Waals surface area contributed by atoms with Gasteiger partial charge in [0, 0.05) is 18.7 Å². The summed E-state index contributed by atoms with van der Waals surface area (Å²) in [4.78, 5) is 0. The molecule has 2 aliphatic heterocycles. The topological polar surface area (TPSA) is 39.7 Å². The van der Waals surface area contributed by atoms with E-state index < -0.39 is 0 Å². The van der Waals surface area contributed by atoms with E-state index in [1.54, 1.807) is 0 Å². The first-order valence-electron chi connectivity index (χ1n) is 5.66. The van der Waals surface area contributed by atoms with Crippen molar-refractivity contribution in [2.75, 3.05) is 32.9 Å². The Morgan fingerprint density at radius 2 is 2.06 bits per heavy atom. The van der Waals surface area contributed by atoms with E-state index in [0.717, 1.165) is 36.8 Å². The van der Waals surface area contributed by atoms with Crippen LogP contribution in [-0.2, 0) is 4.74 Å². The molecule has 1 N–H and O–H groups in total. The van der Waals surface area contributed by atoms with Crippen molar-refractivity contribution in [3.63, 3.8) is 0 Å². The van der Waals surface area contributed by atoms with Crippen molar-refractivity contribution in [3.05, 3.63) is 23.8 Å². The van der Waals surface area contributed by atoms with E-state index in [9.17, 15) is 0 Å². The van der Waals surface area contributed by atoms with Crippen LogP contribution < -0.4 is 14.8 Å². The fourth-order valence-electron chi connectivity index (χ4n) is 2.11. The molecule has 16 heavy (non-hydrogen) atoms. The van der Waals surface area contributed by atoms with Gasteiger partial charge in [-0.3, -0.25) is 0 Å². The van der Waals surface area contributed by atoms with Crippen molar-refractivity contribution in [2.45, 2.75) is 6.10 Å². The minimum atomic E-state index is 0.0744. The number of morpholine rings is 1. The Hall–Kier alpha value is -1.26. The molecular formula is C12H15NO3. The van der Waals surface area contributed by atoms with E-state index in [0.29, 0.717) is 13.2 Å². The molecule has 3 rings (SSSR count). The molecule has 1 unspecified atom stereocenters. The molecule has 86 valence electrons. The summed E-state index contributed by atoms with van der Waals surface area (Å²) >= 11 is 0. The van der Waals surface area contributed by atoms with E-state index >= 15 is 0 Å². The number of ether oxygens (including phenoxy) is 3. The number of hydrogen-bond acceptors (Lipinski definition) is 4. The van der Waals surface area contributed by atoms with Crippen LogP contribution in [0.3, 0.4) is 0 Å². The molecule has 1 atom stereocenters. The van der Waals surface area contributed by atoms with Crippen molar-refractivity contribution in [1.82, 2.24) is 5.32 Å². The Bertz CT molecular complexity index is 375. The van der Waals surface area contributed by atoms with Crippen LogP contribution in [-0.4, -0.2) is 32.9 Å². The zero-order chi connectivity index (χ0) is 10.8. The van der Waals surface area contributed by atoms with Gasteiger partial charge in [-0.1, -0.05) is 12.1 Å². The first-order chi connectivity index (χ1) is 7.95. The summed E-state index contributed by atoms with van der Waals surface area (Å²) in [6.45, 7) is 3.74. The summed E-state index contributed by atoms with van der Waals surface area (Å²) in [6.07, 6.45) is 0.0744. The molecule has 0 amide bonds. The highest BCUT2D eigenvalue weighted by Gasteiger charge is 2.23. The van der Waals surface area contributed by atoms with Gasteiger partial charge >= 0.3 is 0 Å². The van der Waals surface area contributed by atoms with Crippen molar-refractivity contribution in [2.24, 2.45) is 0 Å². The zero-order valence-corrected chi connectivity index (χ0v) is 9.07. The number of para-hydroxylation sites is 1. The highest BCUT2D eigenvalue weighted by Crippen LogP contribution is 2.38. The molecule has 4 heteroatoms. The molecule has 4 nitrogen and oxygen atoms in total. The highest BCUT2D eigenvalue weighted by atomic mass is 16.6. The molecule has 0 aromatic heterocycles. The third-order valence-corrected chi connectivity index (χ3v) is 2.87. The number of benzene rings is 1. The van der Waals surface area contributed by atoms with Gasteiger partial charge in [-0.05, 0) is 6.07 Å². The van der Waals surface area contributed by atoms with Crippen molar-refractivity contribution < 1.29 is 14.2 Å². The quantitative estimate of drug-likeness (QED) is 0.771. The predicted octanol–water partition coefficient (Wildman–Crippen LogP) is 1.12. The van der Waals surface area contributed by atoms with Gasteiger partial charge in [0.15, 0.2) is 11.5 Å². The average Bonchev–Trinajstić information content (AvgIpc) is 2.39. The third-order valence-electron chi connectivity index (χ3n) is 2.87. The van der Waals surface area contributed by atoms with Crippen LogP contribution >= 0.6 is 0 Å². The summed E-state index contributed by atoms with van der Waals surface area (Å²) in [5, 5.41) is 3.32. The first kappa shape index (κ1) is 9.93. The molecule has 2 aliphatic rings. The fraction of sp³-hybridized carbons (Fsp3) is 0.500. The van der Waals surface area contributed by atoms with Crippen LogP contribution in [0.1, 0.15) is 11.7 Å². The van der Waals surface area contributed by atoms with Crippen LogP contribution in [0.2, 0.25) is 0 Å². The van der Waals surface area contributed by atoms with Gasteiger partial charge in [0.25, 0.3) is 0 Å². The predicted molar refractivity (Wildman–Crippen MR) is 59.0 cm³/mol. The maximum atomic E-state index is 5.73. The van der Waals surface area contributed by atoms with Crippen LogP contribution in [0.15, 0.2) is 18.2 Å². The standard InChI is InChI=1S/C12H15NO3/c1-2-9(11-8-13-4-5-14-11)12-10(3-1)15-6-7-16-12/h1-3,11,13H,4-8H2. The smallest absolute Gasteiger partial charge is 0.167 e. The Labute approximate surface area is 94.5 Å². The van der Waals surface area contributed by atoms with E-state index in [-0.39, 0.29) is 6.10 Å². The molecule has 2 heterocycles. The molecule has 1 saturated heterocycles. The Balaban J connectivity index is 1.93. The first-order valence-corrected chi connectivity index (χ1v) is 5.66. The maximum Gasteiger partial charge on any atom is 0.167 e. The van der Waals surface area contributed by atoms with Gasteiger partial charge in [-0.25, -0.2) is 0 Å². The van der Waals surface area contributed by atoms with Gasteiger partial charge in [0.2, 0.25) is 0 Å². The lowest BCUT2D eigenvalue weighted by atomic mass is 10.1. The average molecular weight is 221 g/mol. The summed E-state index contributed by atoms with van der Waals surface area (Å²) in [5.74, 6) is 1.68. The van der Waals surface area contributed by atoms with Crippen LogP contribution in [0.5, 0.6) is 11.5 Å². The SMILES string of the molecule is c1cc2c(c(C3CNCCO3)c1)OCCO2. The minimum absolute atomic E-state index is 0.0744. The summed E-state index contributed by atoms with van der Waals surface area (Å²) in [5.41, 5.74) is 1.09. The lowest BCUT2D eigenvalue weighted by molar-refractivity contribution is 0.0244. The second kappa shape index (κ2) is 4.31. The van der Waals surface area contributed by atoms with E-state index in [1.807, 2.05) is 18.2 Å². The monoisotopic (exact) mass is 221 g/mol. The van der Waals surface area contributed by atoms with Gasteiger partial charge in [-0.2, -0.15) is 0 Å². The minimum Gasteiger partial charge on any atom is -0.486 e. The van der Waals surface area contributed by atoms with Gasteiger partial charge < -0.3 is 19.5 Å². The van der Waals surface area contributed by atoms with Gasteiger partial charge in [-0.15, -0.1) is 0 Å². The Morgan fingerprint density at radius 3 is 2.94 bits per heavy atom. The molecule has 0 spiro atoms. The third kappa shape index (κ3) is 1.74. The maximum absolute atomic E-state index is 5.73. The van der Waals surface area contributed by atoms with Crippen molar-refractivity contribution >= 4 is 0 Å². The van der Waals surface area contributed by atoms with Crippen molar-refractivity contribution in [1.29, 1.82) is 0 Å². The van der Waals surface area contributed by atoms with Gasteiger partial charge in [0.05, 0.1) is 12.7 Å². The molecule has 0 radical (unpaired) electrons. The summed E-state index contributed by atoms with van der Waals surface area (Å²) in [7, 11) is 0. The van der Waals surface area contributed by atoms with Crippen LogP contribution in [0.25, 0.3) is 0 Å². The van der Waals surface area contributed by atoms with Crippen LogP contribution in [0.4, 0.5) is 0 Å². The number of hydrogen-bond donors (Lipinski definition) is 1. The Kier molecular flexibility index (Phi) is 2.68. The zero-order valence-electron chi connectivity index (χ0n) is 9.07. The fourth-order valence-corrected chi connectivity index (χ4v) is 2.11. The number of fused-ring (bicyclic) bond motifs is 1. The Morgan fingerprint density at radius 1 is 1.12 bits per heavy atom. The molecule has 0 aliphatic carbocycles. The second-order valence-corrected chi connectivity index (χ2v) is 3.93. The summed E-state index contributed by atoms with van der Waals surface area (Å²) in [6, 6.07) is 5.97. The highest BCUT2D eigenvalue weighted by molar-refractivity contribution is 5.48. The lowest BCUT2D eigenvalue weighted by Gasteiger charge is -2.28. The molecule has 0 bridgehead atoms. The number of rotatable bonds is 1. The van der Waals surface area contributed by atoms with E-state index in [4.69, 9.17) is 14.2 Å². The molecular weight excluding hydrogens is 206 g/mol. The van der Waals surface area contributed by atoms with Gasteiger partial charge in [0.1, 0.15) is 13.2 Å². The second-order valence-electron chi connectivity index (χ2n) is 3.93. The molecule has 1 aromatic carbocycles. The molecule has 1 fully saturated rings. The summed E-state index contributed by atoms with van der Waals surface area (Å²) < 4.78 is 17.0. The van der Waals surface area contributed by atoms with Crippen molar-refractivity contribution in [3.8, 4) is 11.5 Å². The normalized spacial score (nSPS) is 24.1. The largest absolute Gasteiger partial charge is 0.486 e. The van der Waals surface area contributed by atoms with Crippen LogP contribution in [0, 0.1) is 0 Å². The lowest BCUT2D eigenvalue weighted by Crippen LogP contribution is -2.33. The van der Waals surface area contributed by atoms with E-state index in [1.165, 1.54) is 0 Å². The number of nitrogens with one attached hydrogen (secondary N) is 1.